The number of fused-ring (bicyclic) bond motifs is 2. The molecule has 1 aliphatic carbocycles. The first-order chi connectivity index (χ1) is 16.5. The number of carboxylic acids is 1. The summed E-state index contributed by atoms with van der Waals surface area (Å²) in [5, 5.41) is 16.3. The van der Waals surface area contributed by atoms with Crippen molar-refractivity contribution in [1.29, 1.82) is 0 Å². The van der Waals surface area contributed by atoms with Crippen molar-refractivity contribution in [1.82, 2.24) is 15.2 Å². The molecule has 2 aliphatic heterocycles. The Morgan fingerprint density at radius 1 is 1.26 bits per heavy atom. The molecule has 1 amide bonds. The topological polar surface area (TPSA) is 104 Å². The molecule has 8 heteroatoms. The molecule has 0 radical (unpaired) electrons. The lowest BCUT2D eigenvalue weighted by atomic mass is 10.0. The van der Waals surface area contributed by atoms with Gasteiger partial charge in [0.25, 0.3) is 0 Å². The summed E-state index contributed by atoms with van der Waals surface area (Å²) in [6.45, 7) is 2.43. The van der Waals surface area contributed by atoms with Crippen molar-refractivity contribution in [3.8, 4) is 5.75 Å². The molecule has 2 aromatic rings. The molecule has 34 heavy (non-hydrogen) atoms. The number of rotatable bonds is 9. The second kappa shape index (κ2) is 9.62. The van der Waals surface area contributed by atoms with Gasteiger partial charge in [0.05, 0.1) is 13.5 Å². The predicted molar refractivity (Wildman–Crippen MR) is 128 cm³/mol. The lowest BCUT2D eigenvalue weighted by Gasteiger charge is -2.23. The summed E-state index contributed by atoms with van der Waals surface area (Å²) in [4.78, 5) is 30.9. The minimum atomic E-state index is -0.839. The number of carbonyl (C=O) groups excluding carboxylic acids is 1. The molecule has 1 aromatic heterocycles. The van der Waals surface area contributed by atoms with Crippen molar-refractivity contribution >= 4 is 17.7 Å². The van der Waals surface area contributed by atoms with Crippen molar-refractivity contribution in [3.05, 3.63) is 53.2 Å². The Balaban J connectivity index is 1.13. The number of aryl methyl sites for hydroxylation is 2. The van der Waals surface area contributed by atoms with Gasteiger partial charge in [0.2, 0.25) is 5.91 Å². The van der Waals surface area contributed by atoms with Crippen molar-refractivity contribution in [2.75, 3.05) is 32.1 Å². The summed E-state index contributed by atoms with van der Waals surface area (Å²) in [5.41, 5.74) is 3.13. The summed E-state index contributed by atoms with van der Waals surface area (Å²) in [5.74, 6) is 1.79. The lowest BCUT2D eigenvalue weighted by molar-refractivity contribution is -0.137. The van der Waals surface area contributed by atoms with Gasteiger partial charge in [-0.15, -0.1) is 0 Å². The van der Waals surface area contributed by atoms with Gasteiger partial charge >= 0.3 is 5.97 Å². The number of nitrogens with one attached hydrogen (secondary N) is 2. The molecule has 0 bridgehead atoms. The molecule has 1 saturated heterocycles. The van der Waals surface area contributed by atoms with E-state index < -0.39 is 5.97 Å². The zero-order chi connectivity index (χ0) is 23.7. The summed E-state index contributed by atoms with van der Waals surface area (Å²) in [6, 6.07) is 11.7. The highest BCUT2D eigenvalue weighted by Crippen LogP contribution is 2.47. The number of piperidine rings is 1. The van der Waals surface area contributed by atoms with E-state index in [0.29, 0.717) is 30.4 Å². The van der Waals surface area contributed by atoms with Gasteiger partial charge in [-0.05, 0) is 60.4 Å². The Hall–Kier alpha value is -3.13. The maximum absolute atomic E-state index is 12.8. The molecule has 1 unspecified atom stereocenters. The van der Waals surface area contributed by atoms with Gasteiger partial charge in [0.15, 0.2) is 0 Å². The number of carboxylic acid groups (broad SMARTS) is 1. The SMILES string of the molecule is COc1cccc([C@H](CC(=O)O)NC2[C@H]3CN(C(=O)CCc4ccc5c(n4)NCCC5)C[C@@H]23)c1. The fourth-order valence-corrected chi connectivity index (χ4v) is 5.42. The fourth-order valence-electron chi connectivity index (χ4n) is 5.42. The summed E-state index contributed by atoms with van der Waals surface area (Å²) in [6.07, 6.45) is 3.32. The Kier molecular flexibility index (Phi) is 6.41. The minimum Gasteiger partial charge on any atom is -0.497 e. The van der Waals surface area contributed by atoms with Gasteiger partial charge in [-0.3, -0.25) is 9.59 Å². The number of nitrogens with zero attached hydrogens (tertiary/aromatic N) is 2. The van der Waals surface area contributed by atoms with Gasteiger partial charge in [0.1, 0.15) is 11.6 Å². The van der Waals surface area contributed by atoms with E-state index in [0.717, 1.165) is 49.6 Å². The number of benzene rings is 1. The van der Waals surface area contributed by atoms with Crippen LogP contribution in [0, 0.1) is 11.8 Å². The number of aliphatic carboxylic acids is 1. The van der Waals surface area contributed by atoms with Gasteiger partial charge in [-0.1, -0.05) is 18.2 Å². The number of pyridine rings is 1. The molecule has 8 nitrogen and oxygen atoms in total. The van der Waals surface area contributed by atoms with Crippen LogP contribution >= 0.6 is 0 Å². The third-order valence-electron chi connectivity index (χ3n) is 7.36. The van der Waals surface area contributed by atoms with Crippen LogP contribution in [0.15, 0.2) is 36.4 Å². The Bertz CT molecular complexity index is 1060. The quantitative estimate of drug-likeness (QED) is 0.524. The van der Waals surface area contributed by atoms with E-state index in [-0.39, 0.29) is 24.4 Å². The third-order valence-corrected chi connectivity index (χ3v) is 7.36. The molecule has 2 fully saturated rings. The summed E-state index contributed by atoms with van der Waals surface area (Å²) < 4.78 is 5.30. The number of anilines is 1. The molecule has 1 aromatic carbocycles. The van der Waals surface area contributed by atoms with E-state index in [1.54, 1.807) is 7.11 Å². The van der Waals surface area contributed by atoms with Crippen LogP contribution in [-0.4, -0.2) is 59.7 Å². The van der Waals surface area contributed by atoms with E-state index >= 15 is 0 Å². The van der Waals surface area contributed by atoms with Crippen molar-refractivity contribution in [3.63, 3.8) is 0 Å². The number of likely N-dealkylation sites (tertiary alicyclic amines) is 1. The normalized spacial score (nSPS) is 23.4. The van der Waals surface area contributed by atoms with Crippen LogP contribution in [0.4, 0.5) is 5.82 Å². The van der Waals surface area contributed by atoms with Crippen LogP contribution in [0.2, 0.25) is 0 Å². The molecule has 4 atom stereocenters. The molecule has 180 valence electrons. The molecule has 1 saturated carbocycles. The highest BCUT2D eigenvalue weighted by molar-refractivity contribution is 5.77. The minimum absolute atomic E-state index is 0.00832. The van der Waals surface area contributed by atoms with E-state index in [4.69, 9.17) is 9.72 Å². The van der Waals surface area contributed by atoms with Crippen LogP contribution in [0.25, 0.3) is 0 Å². The monoisotopic (exact) mass is 464 g/mol. The van der Waals surface area contributed by atoms with Crippen LogP contribution in [0.3, 0.4) is 0 Å². The molecule has 5 rings (SSSR count). The van der Waals surface area contributed by atoms with Gasteiger partial charge in [0, 0.05) is 43.8 Å². The second-order valence-corrected chi connectivity index (χ2v) is 9.59. The molecule has 3 N–H and O–H groups in total. The van der Waals surface area contributed by atoms with Gasteiger partial charge in [-0.2, -0.15) is 0 Å². The summed E-state index contributed by atoms with van der Waals surface area (Å²) in [7, 11) is 1.61. The van der Waals surface area contributed by atoms with Crippen molar-refractivity contribution < 1.29 is 19.4 Å². The van der Waals surface area contributed by atoms with Crippen LogP contribution in [0.1, 0.15) is 42.1 Å². The van der Waals surface area contributed by atoms with E-state index in [1.165, 1.54) is 5.56 Å². The molecule has 3 aliphatic rings. The van der Waals surface area contributed by atoms with E-state index in [2.05, 4.69) is 16.7 Å². The van der Waals surface area contributed by atoms with Crippen molar-refractivity contribution in [2.24, 2.45) is 11.8 Å². The number of amides is 1. The zero-order valence-corrected chi connectivity index (χ0v) is 19.5. The Morgan fingerprint density at radius 3 is 2.85 bits per heavy atom. The molecular weight excluding hydrogens is 432 g/mol. The van der Waals surface area contributed by atoms with E-state index in [9.17, 15) is 14.7 Å². The number of hydrogen-bond acceptors (Lipinski definition) is 6. The first kappa shape index (κ1) is 22.7. The zero-order valence-electron chi connectivity index (χ0n) is 19.5. The standard InChI is InChI=1S/C26H32N4O4/c1-34-19-6-2-4-17(12-19)22(13-24(32)33)29-25-20-14-30(15-21(20)25)23(31)10-9-18-8-7-16-5-3-11-27-26(16)28-18/h2,4,6-8,12,20-22,25,29H,3,5,9-11,13-15H2,1H3,(H,27,28)(H,32,33)/t20-,21+,22-,25?/m0/s1. The summed E-state index contributed by atoms with van der Waals surface area (Å²) >= 11 is 0. The number of hydrogen-bond donors (Lipinski definition) is 3. The average molecular weight is 465 g/mol. The van der Waals surface area contributed by atoms with E-state index in [1.807, 2.05) is 35.2 Å². The Labute approximate surface area is 199 Å². The predicted octanol–water partition coefficient (Wildman–Crippen LogP) is 2.64. The van der Waals surface area contributed by atoms with Gasteiger partial charge < -0.3 is 25.4 Å². The van der Waals surface area contributed by atoms with Crippen LogP contribution in [-0.2, 0) is 22.4 Å². The number of aromatic nitrogens is 1. The Morgan fingerprint density at radius 2 is 2.09 bits per heavy atom. The maximum Gasteiger partial charge on any atom is 0.305 e. The first-order valence-corrected chi connectivity index (χ1v) is 12.1. The number of carbonyl (C=O) groups is 2. The first-order valence-electron chi connectivity index (χ1n) is 12.1. The molecular formula is C26H32N4O4. The number of ether oxygens (including phenoxy) is 1. The largest absolute Gasteiger partial charge is 0.497 e. The average Bonchev–Trinajstić information content (AvgIpc) is 3.28. The lowest BCUT2D eigenvalue weighted by Crippen LogP contribution is -2.37. The van der Waals surface area contributed by atoms with Crippen LogP contribution in [0.5, 0.6) is 5.75 Å². The highest BCUT2D eigenvalue weighted by atomic mass is 16.5. The fraction of sp³-hybridized carbons (Fsp3) is 0.500. The second-order valence-electron chi connectivity index (χ2n) is 9.59. The smallest absolute Gasteiger partial charge is 0.305 e. The molecule has 3 heterocycles. The highest BCUT2D eigenvalue weighted by Gasteiger charge is 2.57. The third kappa shape index (κ3) is 4.87. The van der Waals surface area contributed by atoms with Crippen LogP contribution < -0.4 is 15.4 Å². The van der Waals surface area contributed by atoms with Gasteiger partial charge in [-0.25, -0.2) is 4.98 Å². The van der Waals surface area contributed by atoms with Crippen molar-refractivity contribution in [2.45, 2.75) is 44.2 Å². The number of methoxy groups -OCH3 is 1. The maximum atomic E-state index is 12.8. The molecule has 0 spiro atoms.